The van der Waals surface area contributed by atoms with E-state index in [1.807, 2.05) is 12.1 Å². The molecule has 3 heterocycles. The van der Waals surface area contributed by atoms with Crippen molar-refractivity contribution in [1.82, 2.24) is 24.8 Å². The molecule has 0 atom stereocenters. The molecule has 5 rings (SSSR count). The molecular formula is C28H29N5O2. The van der Waals surface area contributed by atoms with Gasteiger partial charge in [-0.25, -0.2) is 9.50 Å². The van der Waals surface area contributed by atoms with Gasteiger partial charge in [0, 0.05) is 44.6 Å². The lowest BCUT2D eigenvalue weighted by atomic mass is 9.99. The summed E-state index contributed by atoms with van der Waals surface area (Å²) in [5.41, 5.74) is 5.07. The van der Waals surface area contributed by atoms with Gasteiger partial charge in [-0.05, 0) is 47.7 Å². The van der Waals surface area contributed by atoms with Gasteiger partial charge in [-0.15, -0.1) is 0 Å². The van der Waals surface area contributed by atoms with Crippen LogP contribution in [0.4, 0.5) is 0 Å². The highest BCUT2D eigenvalue weighted by Gasteiger charge is 2.13. The highest BCUT2D eigenvalue weighted by Crippen LogP contribution is 2.23. The van der Waals surface area contributed by atoms with Crippen LogP contribution in [0, 0.1) is 0 Å². The summed E-state index contributed by atoms with van der Waals surface area (Å²) >= 11 is 0. The van der Waals surface area contributed by atoms with E-state index in [4.69, 9.17) is 4.74 Å². The van der Waals surface area contributed by atoms with Crippen molar-refractivity contribution in [2.45, 2.75) is 19.4 Å². The Morgan fingerprint density at radius 3 is 2.69 bits per heavy atom. The first-order chi connectivity index (χ1) is 17.2. The van der Waals surface area contributed by atoms with Crippen LogP contribution in [0.2, 0.25) is 0 Å². The summed E-state index contributed by atoms with van der Waals surface area (Å²) in [7, 11) is 0. The molecule has 4 aromatic rings. The Morgan fingerprint density at radius 1 is 1.06 bits per heavy atom. The molecule has 0 unspecified atom stereocenters. The first-order valence-electron chi connectivity index (χ1n) is 12.0. The standard InChI is InChI=1S/C28H29N5O2/c34-28(26-20-27-29-14-4-16-33(27)31-26)30-15-5-19-35-25-10-8-22(9-11-25)21-32-17-12-24(13-18-32)23-6-2-1-3-7-23/h1-4,6-12,14,16,20H,5,13,15,17-19,21H2,(H,30,34). The molecular weight excluding hydrogens is 438 g/mol. The summed E-state index contributed by atoms with van der Waals surface area (Å²) in [4.78, 5) is 18.9. The quantitative estimate of drug-likeness (QED) is 0.373. The average Bonchev–Trinajstić information content (AvgIpc) is 3.35. The van der Waals surface area contributed by atoms with Crippen LogP contribution in [0.5, 0.6) is 5.75 Å². The first-order valence-corrected chi connectivity index (χ1v) is 12.0. The van der Waals surface area contributed by atoms with Crippen molar-refractivity contribution in [3.63, 3.8) is 0 Å². The van der Waals surface area contributed by atoms with Gasteiger partial charge in [0.2, 0.25) is 0 Å². The SMILES string of the molecule is O=C(NCCCOc1ccc(CN2CC=C(c3ccccc3)CC2)cc1)c1cc2ncccn2n1. The molecule has 0 radical (unpaired) electrons. The first kappa shape index (κ1) is 22.8. The molecule has 1 amide bonds. The molecule has 35 heavy (non-hydrogen) atoms. The van der Waals surface area contributed by atoms with Crippen LogP contribution < -0.4 is 10.1 Å². The van der Waals surface area contributed by atoms with Gasteiger partial charge in [-0.1, -0.05) is 48.5 Å². The molecule has 1 aliphatic rings. The van der Waals surface area contributed by atoms with Gasteiger partial charge in [0.05, 0.1) is 6.61 Å². The predicted molar refractivity (Wildman–Crippen MR) is 136 cm³/mol. The van der Waals surface area contributed by atoms with E-state index >= 15 is 0 Å². The normalized spacial score (nSPS) is 14.0. The summed E-state index contributed by atoms with van der Waals surface area (Å²) in [5.74, 6) is 0.639. The van der Waals surface area contributed by atoms with Gasteiger partial charge in [0.15, 0.2) is 11.3 Å². The highest BCUT2D eigenvalue weighted by atomic mass is 16.5. The van der Waals surface area contributed by atoms with Crippen LogP contribution >= 0.6 is 0 Å². The van der Waals surface area contributed by atoms with Gasteiger partial charge in [0.25, 0.3) is 5.91 Å². The molecule has 0 aliphatic carbocycles. The summed E-state index contributed by atoms with van der Waals surface area (Å²) in [6.45, 7) is 4.02. The molecule has 0 bridgehead atoms. The van der Waals surface area contributed by atoms with E-state index < -0.39 is 0 Å². The summed E-state index contributed by atoms with van der Waals surface area (Å²) in [6, 6.07) is 22.4. The lowest BCUT2D eigenvalue weighted by molar-refractivity contribution is 0.0946. The molecule has 0 fully saturated rings. The molecule has 2 aromatic heterocycles. The molecule has 1 N–H and O–H groups in total. The second-order valence-electron chi connectivity index (χ2n) is 8.63. The number of rotatable bonds is 9. The number of carbonyl (C=O) groups excluding carboxylic acids is 1. The summed E-state index contributed by atoms with van der Waals surface area (Å²) in [6.07, 6.45) is 7.58. The Balaban J connectivity index is 1.02. The van der Waals surface area contributed by atoms with Crippen molar-refractivity contribution in [2.24, 2.45) is 0 Å². The van der Waals surface area contributed by atoms with Crippen molar-refractivity contribution >= 4 is 17.1 Å². The third-order valence-corrected chi connectivity index (χ3v) is 6.11. The van der Waals surface area contributed by atoms with Gasteiger partial charge in [-0.3, -0.25) is 9.69 Å². The van der Waals surface area contributed by atoms with E-state index in [0.29, 0.717) is 30.9 Å². The third-order valence-electron chi connectivity index (χ3n) is 6.11. The molecule has 7 heteroatoms. The van der Waals surface area contributed by atoms with Crippen molar-refractivity contribution in [3.8, 4) is 5.75 Å². The number of aromatic nitrogens is 3. The largest absolute Gasteiger partial charge is 0.494 e. The van der Waals surface area contributed by atoms with Crippen LogP contribution in [-0.4, -0.2) is 51.6 Å². The monoisotopic (exact) mass is 467 g/mol. The van der Waals surface area contributed by atoms with Gasteiger partial charge >= 0.3 is 0 Å². The number of hydrogen-bond donors (Lipinski definition) is 1. The Hall–Kier alpha value is -3.97. The Kier molecular flexibility index (Phi) is 7.15. The van der Waals surface area contributed by atoms with E-state index in [1.165, 1.54) is 16.7 Å². The minimum absolute atomic E-state index is 0.205. The minimum Gasteiger partial charge on any atom is -0.494 e. The fraction of sp³-hybridized carbons (Fsp3) is 0.250. The number of fused-ring (bicyclic) bond motifs is 1. The zero-order valence-corrected chi connectivity index (χ0v) is 19.6. The van der Waals surface area contributed by atoms with Crippen LogP contribution in [0.15, 0.2) is 85.2 Å². The van der Waals surface area contributed by atoms with Crippen LogP contribution in [-0.2, 0) is 6.54 Å². The topological polar surface area (TPSA) is 71.8 Å². The van der Waals surface area contributed by atoms with E-state index in [9.17, 15) is 4.79 Å². The Morgan fingerprint density at radius 2 is 1.91 bits per heavy atom. The fourth-order valence-corrected chi connectivity index (χ4v) is 4.21. The molecule has 0 saturated carbocycles. The molecule has 1 aliphatic heterocycles. The number of nitrogens with one attached hydrogen (secondary N) is 1. The second kappa shape index (κ2) is 11.0. The number of benzene rings is 2. The van der Waals surface area contributed by atoms with E-state index in [-0.39, 0.29) is 5.91 Å². The van der Waals surface area contributed by atoms with Crippen LogP contribution in [0.3, 0.4) is 0 Å². The predicted octanol–water partition coefficient (Wildman–Crippen LogP) is 4.22. The zero-order chi connectivity index (χ0) is 23.9. The van der Waals surface area contributed by atoms with Crippen molar-refractivity contribution in [1.29, 1.82) is 0 Å². The number of carbonyl (C=O) groups is 1. The molecule has 0 spiro atoms. The maximum absolute atomic E-state index is 12.3. The average molecular weight is 468 g/mol. The lowest BCUT2D eigenvalue weighted by Gasteiger charge is -2.26. The van der Waals surface area contributed by atoms with E-state index in [1.54, 1.807) is 29.0 Å². The second-order valence-corrected chi connectivity index (χ2v) is 8.63. The third kappa shape index (κ3) is 5.94. The summed E-state index contributed by atoms with van der Waals surface area (Å²) in [5, 5.41) is 7.11. The maximum atomic E-state index is 12.3. The molecule has 0 saturated heterocycles. The minimum atomic E-state index is -0.205. The van der Waals surface area contributed by atoms with Crippen LogP contribution in [0.1, 0.15) is 34.5 Å². The van der Waals surface area contributed by atoms with Crippen LogP contribution in [0.25, 0.3) is 11.2 Å². The van der Waals surface area contributed by atoms with Gasteiger partial charge in [0.1, 0.15) is 5.75 Å². The number of hydrogen-bond acceptors (Lipinski definition) is 5. The van der Waals surface area contributed by atoms with E-state index in [0.717, 1.165) is 31.8 Å². The van der Waals surface area contributed by atoms with Crippen molar-refractivity contribution in [2.75, 3.05) is 26.2 Å². The van der Waals surface area contributed by atoms with E-state index in [2.05, 4.69) is 68.8 Å². The molecule has 2 aromatic carbocycles. The zero-order valence-electron chi connectivity index (χ0n) is 19.6. The molecule has 7 nitrogen and oxygen atoms in total. The summed E-state index contributed by atoms with van der Waals surface area (Å²) < 4.78 is 7.43. The Bertz CT molecular complexity index is 1260. The lowest BCUT2D eigenvalue weighted by Crippen LogP contribution is -2.28. The Labute approximate surface area is 205 Å². The van der Waals surface area contributed by atoms with Crippen molar-refractivity contribution in [3.05, 3.63) is 102 Å². The van der Waals surface area contributed by atoms with Crippen molar-refractivity contribution < 1.29 is 9.53 Å². The maximum Gasteiger partial charge on any atom is 0.271 e. The number of ether oxygens (including phenoxy) is 1. The number of amides is 1. The smallest absolute Gasteiger partial charge is 0.271 e. The highest BCUT2D eigenvalue weighted by molar-refractivity contribution is 5.93. The van der Waals surface area contributed by atoms with Gasteiger partial charge in [-0.2, -0.15) is 5.10 Å². The number of nitrogens with zero attached hydrogens (tertiary/aromatic N) is 4. The molecule has 178 valence electrons. The van der Waals surface area contributed by atoms with Gasteiger partial charge < -0.3 is 10.1 Å². The fourth-order valence-electron chi connectivity index (χ4n) is 4.21.